The summed E-state index contributed by atoms with van der Waals surface area (Å²) in [6, 6.07) is 1.93. The average Bonchev–Trinajstić information content (AvgIpc) is 3.32. The van der Waals surface area contributed by atoms with Gasteiger partial charge in [-0.3, -0.25) is 4.79 Å². The third kappa shape index (κ3) is 2.96. The predicted octanol–water partition coefficient (Wildman–Crippen LogP) is 1.66. The highest BCUT2D eigenvalue weighted by Gasteiger charge is 2.37. The minimum Gasteiger partial charge on any atom is -0.379 e. The molecule has 0 radical (unpaired) electrons. The average molecular weight is 355 g/mol. The van der Waals surface area contributed by atoms with Crippen LogP contribution in [0, 0.1) is 19.8 Å². The van der Waals surface area contributed by atoms with Gasteiger partial charge in [0.15, 0.2) is 5.65 Å². The molecule has 2 atom stereocenters. The molecule has 0 aromatic carbocycles. The van der Waals surface area contributed by atoms with Crippen LogP contribution in [0.2, 0.25) is 0 Å². The molecule has 1 aliphatic rings. The van der Waals surface area contributed by atoms with Gasteiger partial charge in [0, 0.05) is 51.0 Å². The molecule has 3 aromatic rings. The maximum absolute atomic E-state index is 13.0. The van der Waals surface area contributed by atoms with Gasteiger partial charge in [-0.1, -0.05) is 5.16 Å². The number of hydrogen-bond acceptors (Lipinski definition) is 6. The van der Waals surface area contributed by atoms with E-state index in [9.17, 15) is 4.79 Å². The minimum absolute atomic E-state index is 0.0404. The molecule has 26 heavy (non-hydrogen) atoms. The number of fused-ring (bicyclic) bond motifs is 1. The number of likely N-dealkylation sites (tertiary alicyclic amines) is 1. The van der Waals surface area contributed by atoms with Crippen LogP contribution in [-0.4, -0.2) is 56.9 Å². The third-order valence-electron chi connectivity index (χ3n) is 4.83. The maximum Gasteiger partial charge on any atom is 0.259 e. The Morgan fingerprint density at radius 1 is 1.35 bits per heavy atom. The normalized spacial score (nSPS) is 20.2. The molecule has 1 amide bonds. The van der Waals surface area contributed by atoms with Gasteiger partial charge in [-0.2, -0.15) is 5.10 Å². The van der Waals surface area contributed by atoms with Crippen molar-refractivity contribution in [2.24, 2.45) is 5.92 Å². The molecular weight excluding hydrogens is 334 g/mol. The van der Waals surface area contributed by atoms with Crippen LogP contribution >= 0.6 is 0 Å². The molecule has 0 unspecified atom stereocenters. The summed E-state index contributed by atoms with van der Waals surface area (Å²) in [4.78, 5) is 19.2. The summed E-state index contributed by atoms with van der Waals surface area (Å²) in [5.41, 5.74) is 2.93. The summed E-state index contributed by atoms with van der Waals surface area (Å²) < 4.78 is 12.6. The molecule has 4 rings (SSSR count). The second-order valence-corrected chi connectivity index (χ2v) is 6.84. The number of methoxy groups -OCH3 is 1. The molecule has 136 valence electrons. The van der Waals surface area contributed by atoms with Crippen molar-refractivity contribution in [2.75, 3.05) is 20.2 Å². The van der Waals surface area contributed by atoms with Crippen molar-refractivity contribution < 1.29 is 14.1 Å². The predicted molar refractivity (Wildman–Crippen MR) is 92.9 cm³/mol. The molecule has 4 heterocycles. The summed E-state index contributed by atoms with van der Waals surface area (Å²) in [5.74, 6) is 0.903. The molecule has 1 aliphatic heterocycles. The number of hydrogen-bond donors (Lipinski definition) is 0. The largest absolute Gasteiger partial charge is 0.379 e. The lowest BCUT2D eigenvalue weighted by atomic mass is 10.0. The molecule has 0 spiro atoms. The third-order valence-corrected chi connectivity index (χ3v) is 4.83. The van der Waals surface area contributed by atoms with Gasteiger partial charge in [-0.15, -0.1) is 0 Å². The van der Waals surface area contributed by atoms with E-state index in [4.69, 9.17) is 9.26 Å². The van der Waals surface area contributed by atoms with Crippen LogP contribution in [0.4, 0.5) is 0 Å². The Morgan fingerprint density at radius 2 is 2.19 bits per heavy atom. The highest BCUT2D eigenvalue weighted by molar-refractivity contribution is 5.99. The molecule has 3 aromatic heterocycles. The molecule has 0 bridgehead atoms. The van der Waals surface area contributed by atoms with Gasteiger partial charge in [-0.05, 0) is 19.4 Å². The number of carbonyl (C=O) groups is 1. The number of nitrogens with zero attached hydrogens (tertiary/aromatic N) is 5. The van der Waals surface area contributed by atoms with Crippen LogP contribution in [0.15, 0.2) is 29.2 Å². The van der Waals surface area contributed by atoms with Gasteiger partial charge in [0.2, 0.25) is 0 Å². The fourth-order valence-corrected chi connectivity index (χ4v) is 3.53. The number of aromatic nitrogens is 4. The van der Waals surface area contributed by atoms with E-state index < -0.39 is 0 Å². The van der Waals surface area contributed by atoms with Crippen molar-refractivity contribution in [1.29, 1.82) is 0 Å². The molecule has 1 fully saturated rings. The van der Waals surface area contributed by atoms with Gasteiger partial charge < -0.3 is 14.2 Å². The fraction of sp³-hybridized carbons (Fsp3) is 0.444. The smallest absolute Gasteiger partial charge is 0.259 e. The van der Waals surface area contributed by atoms with Crippen LogP contribution in [0.5, 0.6) is 0 Å². The van der Waals surface area contributed by atoms with Crippen LogP contribution in [0.25, 0.3) is 5.65 Å². The summed E-state index contributed by atoms with van der Waals surface area (Å²) in [6.45, 7) is 4.97. The molecule has 0 aliphatic carbocycles. The second-order valence-electron chi connectivity index (χ2n) is 6.84. The SMILES string of the molecule is CO[C@H]1CN(C(=O)c2cnn3cc(C)cnc23)C[C@H]1Cc1cc(C)no1. The Morgan fingerprint density at radius 3 is 2.92 bits per heavy atom. The minimum atomic E-state index is -0.0744. The van der Waals surface area contributed by atoms with E-state index >= 15 is 0 Å². The van der Waals surface area contributed by atoms with Crippen LogP contribution in [0.1, 0.15) is 27.4 Å². The van der Waals surface area contributed by atoms with E-state index in [1.807, 2.05) is 26.1 Å². The van der Waals surface area contributed by atoms with Gasteiger partial charge in [0.05, 0.1) is 18.0 Å². The summed E-state index contributed by atoms with van der Waals surface area (Å²) in [6.07, 6.45) is 5.83. The summed E-state index contributed by atoms with van der Waals surface area (Å²) in [7, 11) is 1.68. The number of aryl methyl sites for hydroxylation is 2. The van der Waals surface area contributed by atoms with Crippen molar-refractivity contribution in [3.05, 3.63) is 47.2 Å². The fourth-order valence-electron chi connectivity index (χ4n) is 3.53. The zero-order valence-electron chi connectivity index (χ0n) is 15.0. The Kier molecular flexibility index (Phi) is 4.20. The number of rotatable bonds is 4. The first kappa shape index (κ1) is 16.7. The molecule has 0 saturated carbocycles. The van der Waals surface area contributed by atoms with Crippen molar-refractivity contribution in [2.45, 2.75) is 26.4 Å². The summed E-state index contributed by atoms with van der Waals surface area (Å²) in [5, 5.41) is 8.18. The molecule has 1 saturated heterocycles. The van der Waals surface area contributed by atoms with E-state index in [0.717, 1.165) is 17.0 Å². The van der Waals surface area contributed by atoms with Crippen molar-refractivity contribution in [3.8, 4) is 0 Å². The molecular formula is C18H21N5O3. The molecule has 0 N–H and O–H groups in total. The Hall–Kier alpha value is -2.74. The van der Waals surface area contributed by atoms with Crippen molar-refractivity contribution >= 4 is 11.6 Å². The van der Waals surface area contributed by atoms with E-state index in [2.05, 4.69) is 15.2 Å². The maximum atomic E-state index is 13.0. The van der Waals surface area contributed by atoms with Gasteiger partial charge in [0.25, 0.3) is 5.91 Å². The van der Waals surface area contributed by atoms with Crippen molar-refractivity contribution in [3.63, 3.8) is 0 Å². The quantitative estimate of drug-likeness (QED) is 0.708. The Balaban J connectivity index is 1.54. The Labute approximate surface area is 150 Å². The van der Waals surface area contributed by atoms with Gasteiger partial charge >= 0.3 is 0 Å². The number of ether oxygens (including phenoxy) is 1. The number of amides is 1. The van der Waals surface area contributed by atoms with Gasteiger partial charge in [-0.25, -0.2) is 9.50 Å². The Bertz CT molecular complexity index is 947. The summed E-state index contributed by atoms with van der Waals surface area (Å²) >= 11 is 0. The highest BCUT2D eigenvalue weighted by Crippen LogP contribution is 2.26. The lowest BCUT2D eigenvalue weighted by Gasteiger charge is -2.14. The van der Waals surface area contributed by atoms with E-state index in [1.54, 1.807) is 28.9 Å². The first-order chi connectivity index (χ1) is 12.5. The monoisotopic (exact) mass is 355 g/mol. The van der Waals surface area contributed by atoms with E-state index in [0.29, 0.717) is 30.7 Å². The van der Waals surface area contributed by atoms with Crippen molar-refractivity contribution in [1.82, 2.24) is 24.7 Å². The lowest BCUT2D eigenvalue weighted by Crippen LogP contribution is -2.30. The molecule has 8 nitrogen and oxygen atoms in total. The van der Waals surface area contributed by atoms with Crippen LogP contribution in [-0.2, 0) is 11.2 Å². The zero-order chi connectivity index (χ0) is 18.3. The lowest BCUT2D eigenvalue weighted by molar-refractivity contribution is 0.0673. The standard InChI is InChI=1S/C18H21N5O3/c1-11-6-19-17-15(7-20-23(17)8-11)18(24)22-9-13(16(10-22)25-3)5-14-4-12(2)21-26-14/h4,6-8,13,16H,5,9-10H2,1-3H3/t13-,16+/m1/s1. The van der Waals surface area contributed by atoms with Crippen LogP contribution < -0.4 is 0 Å². The topological polar surface area (TPSA) is 85.8 Å². The van der Waals surface area contributed by atoms with E-state index in [-0.39, 0.29) is 17.9 Å². The first-order valence-corrected chi connectivity index (χ1v) is 8.59. The van der Waals surface area contributed by atoms with Crippen LogP contribution in [0.3, 0.4) is 0 Å². The van der Waals surface area contributed by atoms with E-state index in [1.165, 1.54) is 0 Å². The van der Waals surface area contributed by atoms with Gasteiger partial charge in [0.1, 0.15) is 11.3 Å². The second kappa shape index (κ2) is 6.53. The zero-order valence-corrected chi connectivity index (χ0v) is 15.0. The first-order valence-electron chi connectivity index (χ1n) is 8.59. The highest BCUT2D eigenvalue weighted by atomic mass is 16.5. The molecule has 8 heteroatoms. The number of carbonyl (C=O) groups excluding carboxylic acids is 1.